The van der Waals surface area contributed by atoms with Crippen molar-refractivity contribution in [3.05, 3.63) is 85.1 Å². The number of hydrogen-bond donors (Lipinski definition) is 0. The van der Waals surface area contributed by atoms with Crippen LogP contribution < -0.4 is 0 Å². The van der Waals surface area contributed by atoms with Gasteiger partial charge in [0.25, 0.3) is 0 Å². The molecule has 64 heavy (non-hydrogen) atoms. The predicted molar refractivity (Wildman–Crippen MR) is 274 cm³/mol. The summed E-state index contributed by atoms with van der Waals surface area (Å²) in [5.41, 5.74) is 0. The second-order valence-electron chi connectivity index (χ2n) is 17.4. The summed E-state index contributed by atoms with van der Waals surface area (Å²) in [5.74, 6) is -0.927. The van der Waals surface area contributed by atoms with Gasteiger partial charge in [0, 0.05) is 19.3 Å². The van der Waals surface area contributed by atoms with Crippen molar-refractivity contribution in [1.82, 2.24) is 0 Å². The van der Waals surface area contributed by atoms with Crippen molar-refractivity contribution < 1.29 is 28.6 Å². The van der Waals surface area contributed by atoms with E-state index in [4.69, 9.17) is 14.2 Å². The van der Waals surface area contributed by atoms with Gasteiger partial charge in [0.15, 0.2) is 6.10 Å². The normalized spacial score (nSPS) is 12.7. The summed E-state index contributed by atoms with van der Waals surface area (Å²) >= 11 is 0. The van der Waals surface area contributed by atoms with Gasteiger partial charge in [-0.3, -0.25) is 14.4 Å². The van der Waals surface area contributed by atoms with Crippen LogP contribution in [0.1, 0.15) is 245 Å². The van der Waals surface area contributed by atoms with Crippen LogP contribution in [0.3, 0.4) is 0 Å². The Balaban J connectivity index is 4.26. The lowest BCUT2D eigenvalue weighted by molar-refractivity contribution is -0.167. The third kappa shape index (κ3) is 49.6. The predicted octanol–water partition coefficient (Wildman–Crippen LogP) is 17.6. The van der Waals surface area contributed by atoms with Gasteiger partial charge in [0.2, 0.25) is 0 Å². The zero-order chi connectivity index (χ0) is 46.5. The maximum absolute atomic E-state index is 12.8. The second kappa shape index (κ2) is 52.2. The molecule has 0 aliphatic carbocycles. The van der Waals surface area contributed by atoms with Gasteiger partial charge >= 0.3 is 17.9 Å². The average molecular weight is 891 g/mol. The zero-order valence-corrected chi connectivity index (χ0v) is 41.8. The molecule has 0 saturated carbocycles. The first-order valence-corrected chi connectivity index (χ1v) is 26.6. The van der Waals surface area contributed by atoms with E-state index < -0.39 is 6.10 Å². The van der Waals surface area contributed by atoms with Crippen LogP contribution in [-0.4, -0.2) is 37.2 Å². The molecule has 0 rings (SSSR count). The molecule has 0 amide bonds. The van der Waals surface area contributed by atoms with Gasteiger partial charge in [-0.25, -0.2) is 0 Å². The molecule has 0 heterocycles. The van der Waals surface area contributed by atoms with Crippen molar-refractivity contribution in [1.29, 1.82) is 0 Å². The molecule has 0 spiro atoms. The standard InChI is InChI=1S/C58H98O6/c1-4-7-10-13-16-18-20-22-24-26-27-28-29-30-31-33-34-36-38-40-42-45-48-51-57(60)63-54-55(53-62-56(59)50-47-44-15-12-9-6-3)64-58(61)52-49-46-43-41-39-37-35-32-25-23-21-19-17-14-11-8-5-2/h7,10,16,18,22-25,27-28,30-31,34,36,55H,4-6,8-9,11-15,17,19-21,26,29,32-33,35,37-54H2,1-3H3/b10-7-,18-16-,24-22-,25-23-,28-27-,31-30-,36-34-. The highest BCUT2D eigenvalue weighted by atomic mass is 16.6. The second-order valence-corrected chi connectivity index (χ2v) is 17.4. The Labute approximate surface area is 395 Å². The van der Waals surface area contributed by atoms with E-state index in [0.717, 1.165) is 109 Å². The van der Waals surface area contributed by atoms with E-state index in [1.165, 1.54) is 96.3 Å². The van der Waals surface area contributed by atoms with Gasteiger partial charge in [0.1, 0.15) is 13.2 Å². The van der Waals surface area contributed by atoms with Gasteiger partial charge in [-0.05, 0) is 96.3 Å². The van der Waals surface area contributed by atoms with E-state index in [1.54, 1.807) is 0 Å². The molecule has 0 N–H and O–H groups in total. The largest absolute Gasteiger partial charge is 0.462 e. The molecule has 0 aliphatic heterocycles. The van der Waals surface area contributed by atoms with Gasteiger partial charge < -0.3 is 14.2 Å². The summed E-state index contributed by atoms with van der Waals surface area (Å²) in [6.07, 6.45) is 67.4. The van der Waals surface area contributed by atoms with Crippen LogP contribution in [0.15, 0.2) is 85.1 Å². The number of esters is 3. The highest BCUT2D eigenvalue weighted by Crippen LogP contribution is 2.14. The van der Waals surface area contributed by atoms with Crippen molar-refractivity contribution in [2.45, 2.75) is 252 Å². The highest BCUT2D eigenvalue weighted by Gasteiger charge is 2.19. The lowest BCUT2D eigenvalue weighted by atomic mass is 10.1. The average Bonchev–Trinajstić information content (AvgIpc) is 3.29. The molecule has 366 valence electrons. The fourth-order valence-electron chi connectivity index (χ4n) is 7.15. The fraction of sp³-hybridized carbons (Fsp3) is 0.707. The number of hydrogen-bond acceptors (Lipinski definition) is 6. The molecule has 6 nitrogen and oxygen atoms in total. The molecule has 0 aromatic heterocycles. The van der Waals surface area contributed by atoms with E-state index >= 15 is 0 Å². The summed E-state index contributed by atoms with van der Waals surface area (Å²) < 4.78 is 16.7. The first-order chi connectivity index (χ1) is 31.5. The van der Waals surface area contributed by atoms with Gasteiger partial charge in [-0.1, -0.05) is 215 Å². The van der Waals surface area contributed by atoms with Crippen molar-refractivity contribution in [3.63, 3.8) is 0 Å². The molecule has 0 aliphatic rings. The smallest absolute Gasteiger partial charge is 0.306 e. The van der Waals surface area contributed by atoms with Gasteiger partial charge in [0.05, 0.1) is 0 Å². The Morgan fingerprint density at radius 2 is 0.609 bits per heavy atom. The molecule has 0 radical (unpaired) electrons. The van der Waals surface area contributed by atoms with Crippen LogP contribution in [0.5, 0.6) is 0 Å². The molecular weight excluding hydrogens is 793 g/mol. The molecule has 0 saturated heterocycles. The number of ether oxygens (including phenoxy) is 3. The van der Waals surface area contributed by atoms with E-state index in [0.29, 0.717) is 19.3 Å². The van der Waals surface area contributed by atoms with Crippen LogP contribution >= 0.6 is 0 Å². The lowest BCUT2D eigenvalue weighted by Crippen LogP contribution is -2.30. The number of carbonyl (C=O) groups excluding carboxylic acids is 3. The Kier molecular flexibility index (Phi) is 49.4. The Morgan fingerprint density at radius 1 is 0.328 bits per heavy atom. The van der Waals surface area contributed by atoms with E-state index in [-0.39, 0.29) is 31.1 Å². The van der Waals surface area contributed by atoms with Crippen LogP contribution in [0.4, 0.5) is 0 Å². The molecule has 0 bridgehead atoms. The van der Waals surface area contributed by atoms with E-state index in [1.807, 2.05) is 0 Å². The third-order valence-corrected chi connectivity index (χ3v) is 11.1. The number of unbranched alkanes of at least 4 members (excludes halogenated alkanes) is 22. The highest BCUT2D eigenvalue weighted by molar-refractivity contribution is 5.71. The minimum Gasteiger partial charge on any atom is -0.462 e. The van der Waals surface area contributed by atoms with Crippen molar-refractivity contribution >= 4 is 17.9 Å². The Hall–Kier alpha value is -3.41. The van der Waals surface area contributed by atoms with Crippen molar-refractivity contribution in [2.75, 3.05) is 13.2 Å². The maximum Gasteiger partial charge on any atom is 0.306 e. The van der Waals surface area contributed by atoms with E-state index in [9.17, 15) is 14.4 Å². The van der Waals surface area contributed by atoms with Crippen molar-refractivity contribution in [2.24, 2.45) is 0 Å². The van der Waals surface area contributed by atoms with Crippen LogP contribution in [0.2, 0.25) is 0 Å². The summed E-state index contributed by atoms with van der Waals surface area (Å²) in [6.45, 7) is 6.43. The van der Waals surface area contributed by atoms with Crippen LogP contribution in [-0.2, 0) is 28.6 Å². The Bertz CT molecular complexity index is 1250. The Morgan fingerprint density at radius 3 is 0.969 bits per heavy atom. The van der Waals surface area contributed by atoms with Crippen LogP contribution in [0.25, 0.3) is 0 Å². The SMILES string of the molecule is CC/C=C\C/C=C\C/C=C\C/C=C\C/C=C\C/C=C\CCCCCCC(=O)OCC(COC(=O)CCCCCCCC)OC(=O)CCCCCCCCC/C=C\CCCCCCCC. The molecular formula is C58H98O6. The fourth-order valence-corrected chi connectivity index (χ4v) is 7.15. The van der Waals surface area contributed by atoms with Gasteiger partial charge in [-0.2, -0.15) is 0 Å². The molecule has 0 aromatic carbocycles. The number of allylic oxidation sites excluding steroid dienone is 14. The molecule has 6 heteroatoms. The molecule has 1 atom stereocenters. The van der Waals surface area contributed by atoms with E-state index in [2.05, 4.69) is 106 Å². The molecule has 0 fully saturated rings. The topological polar surface area (TPSA) is 78.9 Å². The molecule has 0 aromatic rings. The maximum atomic E-state index is 12.8. The van der Waals surface area contributed by atoms with Crippen molar-refractivity contribution in [3.8, 4) is 0 Å². The molecule has 1 unspecified atom stereocenters. The first kappa shape index (κ1) is 60.6. The number of carbonyl (C=O) groups is 3. The minimum atomic E-state index is -0.786. The first-order valence-electron chi connectivity index (χ1n) is 26.6. The zero-order valence-electron chi connectivity index (χ0n) is 41.8. The summed E-state index contributed by atoms with van der Waals surface area (Å²) in [6, 6.07) is 0. The minimum absolute atomic E-state index is 0.0868. The van der Waals surface area contributed by atoms with Crippen LogP contribution in [0, 0.1) is 0 Å². The quantitative estimate of drug-likeness (QED) is 0.0262. The number of rotatable bonds is 47. The van der Waals surface area contributed by atoms with Gasteiger partial charge in [-0.15, -0.1) is 0 Å². The summed E-state index contributed by atoms with van der Waals surface area (Å²) in [7, 11) is 0. The summed E-state index contributed by atoms with van der Waals surface area (Å²) in [5, 5.41) is 0. The lowest BCUT2D eigenvalue weighted by Gasteiger charge is -2.18. The third-order valence-electron chi connectivity index (χ3n) is 11.1. The summed E-state index contributed by atoms with van der Waals surface area (Å²) in [4.78, 5) is 37.8. The monoisotopic (exact) mass is 891 g/mol.